The van der Waals surface area contributed by atoms with E-state index in [0.717, 1.165) is 49.6 Å². The number of nitrogens with zero attached hydrogens (tertiary/aromatic N) is 2. The molecule has 0 bridgehead atoms. The van der Waals surface area contributed by atoms with E-state index in [1.807, 2.05) is 134 Å². The van der Waals surface area contributed by atoms with E-state index >= 15 is 0 Å². The highest BCUT2D eigenvalue weighted by atomic mass is 79.9. The molecule has 1 heterocycles. The van der Waals surface area contributed by atoms with Gasteiger partial charge in [-0.3, -0.25) is 0 Å². The minimum Gasteiger partial charge on any atom is -0.497 e. The van der Waals surface area contributed by atoms with Gasteiger partial charge in [0.1, 0.15) is 24.6 Å². The molecular formula is C39H36BrN2O4+. The number of halogens is 1. The predicted molar refractivity (Wildman–Crippen MR) is 183 cm³/mol. The standard InChI is InChI=1S/C39H35BrN2O4/c1-27-12-18-32(19-13-27)39(38(43)44)36(31-10-7-11-33(40)24-31)41(25-29-14-20-34(45-2)21-15-29)37(30-16-22-35(46-3)23-17-30)42(39)26-28-8-5-4-6-9-28/h4-24,36H,25-26H2,1-3H3/p+1. The van der Waals surface area contributed by atoms with Crippen molar-refractivity contribution in [3.8, 4) is 11.5 Å². The molecule has 5 aromatic rings. The van der Waals surface area contributed by atoms with Gasteiger partial charge in [-0.15, -0.1) is 0 Å². The van der Waals surface area contributed by atoms with Crippen LogP contribution >= 0.6 is 15.9 Å². The van der Waals surface area contributed by atoms with Gasteiger partial charge in [0.25, 0.3) is 11.4 Å². The molecule has 0 aliphatic carbocycles. The number of carbonyl (C=O) groups is 1. The Morgan fingerprint density at radius 3 is 2.02 bits per heavy atom. The third-order valence-electron chi connectivity index (χ3n) is 8.69. The summed E-state index contributed by atoms with van der Waals surface area (Å²) in [5.74, 6) is 1.37. The second kappa shape index (κ2) is 13.2. The Bertz CT molecular complexity index is 1860. The number of methoxy groups -OCH3 is 2. The number of carboxylic acids is 1. The summed E-state index contributed by atoms with van der Waals surface area (Å²) >= 11 is 3.68. The third-order valence-corrected chi connectivity index (χ3v) is 9.18. The van der Waals surface area contributed by atoms with Gasteiger partial charge in [0.15, 0.2) is 6.04 Å². The van der Waals surface area contributed by atoms with Crippen molar-refractivity contribution in [1.82, 2.24) is 4.90 Å². The fraction of sp³-hybridized carbons (Fsp3) is 0.179. The molecule has 6 nitrogen and oxygen atoms in total. The van der Waals surface area contributed by atoms with Crippen LogP contribution in [0, 0.1) is 6.92 Å². The van der Waals surface area contributed by atoms with Crippen LogP contribution in [0.25, 0.3) is 0 Å². The van der Waals surface area contributed by atoms with Gasteiger partial charge in [0.2, 0.25) is 0 Å². The second-order valence-corrected chi connectivity index (χ2v) is 12.4. The van der Waals surface area contributed by atoms with Crippen molar-refractivity contribution in [3.05, 3.63) is 165 Å². The minimum atomic E-state index is -1.51. The summed E-state index contributed by atoms with van der Waals surface area (Å²) in [5.41, 5.74) is 4.06. The molecule has 0 saturated heterocycles. The van der Waals surface area contributed by atoms with E-state index < -0.39 is 17.6 Å². The molecule has 2 atom stereocenters. The molecular weight excluding hydrogens is 640 g/mol. The molecule has 232 valence electrons. The number of hydrogen-bond donors (Lipinski definition) is 1. The number of aliphatic carboxylic acids is 1. The summed E-state index contributed by atoms with van der Waals surface area (Å²) in [4.78, 5) is 16.4. The van der Waals surface area contributed by atoms with Crippen molar-refractivity contribution < 1.29 is 24.0 Å². The molecule has 5 aromatic carbocycles. The summed E-state index contributed by atoms with van der Waals surface area (Å²) in [6.07, 6.45) is 0. The first kappa shape index (κ1) is 31.1. The van der Waals surface area contributed by atoms with Gasteiger partial charge in [-0.1, -0.05) is 100 Å². The molecule has 7 heteroatoms. The third kappa shape index (κ3) is 5.79. The maximum absolute atomic E-state index is 14.3. The topological polar surface area (TPSA) is 62.0 Å². The SMILES string of the molecule is COc1ccc(C[N+]2=C(c3ccc(OC)cc3)N(Cc3ccccc3)C(C(=O)O)(c3ccc(C)cc3)C2c2cccc(Br)c2)cc1. The van der Waals surface area contributed by atoms with Gasteiger partial charge in [-0.2, -0.15) is 0 Å². The van der Waals surface area contributed by atoms with E-state index in [2.05, 4.69) is 25.4 Å². The Hall–Kier alpha value is -4.88. The molecule has 0 fully saturated rings. The molecule has 0 saturated carbocycles. The number of benzene rings is 5. The van der Waals surface area contributed by atoms with Crippen LogP contribution in [-0.4, -0.2) is 40.6 Å². The Morgan fingerprint density at radius 2 is 1.43 bits per heavy atom. The summed E-state index contributed by atoms with van der Waals surface area (Å²) in [6, 6.07) is 41.2. The molecule has 0 amide bonds. The lowest BCUT2D eigenvalue weighted by Crippen LogP contribution is -2.53. The lowest BCUT2D eigenvalue weighted by atomic mass is 9.78. The van der Waals surface area contributed by atoms with Gasteiger partial charge in [0, 0.05) is 15.6 Å². The average Bonchev–Trinajstić information content (AvgIpc) is 3.36. The maximum Gasteiger partial charge on any atom is 0.362 e. The average molecular weight is 677 g/mol. The summed E-state index contributed by atoms with van der Waals surface area (Å²) < 4.78 is 14.1. The number of carboxylic acid groups (broad SMARTS) is 1. The fourth-order valence-corrected chi connectivity index (χ4v) is 6.93. The van der Waals surface area contributed by atoms with Crippen LogP contribution in [0.2, 0.25) is 0 Å². The fourth-order valence-electron chi connectivity index (χ4n) is 6.51. The first-order valence-corrected chi connectivity index (χ1v) is 15.9. The molecule has 0 spiro atoms. The van der Waals surface area contributed by atoms with E-state index in [1.54, 1.807) is 14.2 Å². The van der Waals surface area contributed by atoms with Crippen LogP contribution in [0.4, 0.5) is 0 Å². The quantitative estimate of drug-likeness (QED) is 0.152. The van der Waals surface area contributed by atoms with Crippen molar-refractivity contribution in [1.29, 1.82) is 0 Å². The van der Waals surface area contributed by atoms with Gasteiger partial charge in [0.05, 0.1) is 19.8 Å². The zero-order valence-electron chi connectivity index (χ0n) is 26.1. The zero-order valence-corrected chi connectivity index (χ0v) is 27.6. The first-order chi connectivity index (χ1) is 22.3. The zero-order chi connectivity index (χ0) is 32.3. The number of amidine groups is 1. The van der Waals surface area contributed by atoms with Crippen molar-refractivity contribution in [2.45, 2.75) is 31.6 Å². The molecule has 0 radical (unpaired) electrons. The van der Waals surface area contributed by atoms with Crippen molar-refractivity contribution in [2.75, 3.05) is 14.2 Å². The van der Waals surface area contributed by atoms with E-state index in [1.165, 1.54) is 0 Å². The lowest BCUT2D eigenvalue weighted by Gasteiger charge is -2.35. The van der Waals surface area contributed by atoms with Crippen molar-refractivity contribution in [3.63, 3.8) is 0 Å². The molecule has 46 heavy (non-hydrogen) atoms. The highest BCUT2D eigenvalue weighted by Gasteiger charge is 2.67. The van der Waals surface area contributed by atoms with E-state index in [0.29, 0.717) is 18.7 Å². The maximum atomic E-state index is 14.3. The van der Waals surface area contributed by atoms with Gasteiger partial charge < -0.3 is 14.6 Å². The normalized spacial score (nSPS) is 17.7. The van der Waals surface area contributed by atoms with Gasteiger partial charge in [-0.25, -0.2) is 14.3 Å². The van der Waals surface area contributed by atoms with Crippen molar-refractivity contribution >= 4 is 27.7 Å². The highest BCUT2D eigenvalue weighted by Crippen LogP contribution is 2.50. The number of aryl methyl sites for hydroxylation is 1. The van der Waals surface area contributed by atoms with Crippen molar-refractivity contribution in [2.24, 2.45) is 0 Å². The Balaban J connectivity index is 1.71. The van der Waals surface area contributed by atoms with Crippen LogP contribution < -0.4 is 9.47 Å². The van der Waals surface area contributed by atoms with Crippen LogP contribution in [0.5, 0.6) is 11.5 Å². The Kier molecular flexibility index (Phi) is 8.95. The Labute approximate surface area is 278 Å². The smallest absolute Gasteiger partial charge is 0.362 e. The van der Waals surface area contributed by atoms with E-state index in [-0.39, 0.29) is 0 Å². The largest absolute Gasteiger partial charge is 0.497 e. The van der Waals surface area contributed by atoms with Crippen LogP contribution in [-0.2, 0) is 23.4 Å². The number of rotatable bonds is 10. The van der Waals surface area contributed by atoms with Gasteiger partial charge in [-0.05, 0) is 66.6 Å². The molecule has 2 unspecified atom stereocenters. The summed E-state index contributed by atoms with van der Waals surface area (Å²) in [6.45, 7) is 2.84. The lowest BCUT2D eigenvalue weighted by molar-refractivity contribution is -0.586. The van der Waals surface area contributed by atoms with Crippen LogP contribution in [0.15, 0.2) is 132 Å². The second-order valence-electron chi connectivity index (χ2n) is 11.5. The Morgan fingerprint density at radius 1 is 0.804 bits per heavy atom. The van der Waals surface area contributed by atoms with E-state index in [4.69, 9.17) is 9.47 Å². The molecule has 1 aliphatic heterocycles. The predicted octanol–water partition coefficient (Wildman–Crippen LogP) is 7.97. The molecule has 0 aromatic heterocycles. The highest BCUT2D eigenvalue weighted by molar-refractivity contribution is 9.10. The van der Waals surface area contributed by atoms with Crippen LogP contribution in [0.3, 0.4) is 0 Å². The van der Waals surface area contributed by atoms with E-state index in [9.17, 15) is 9.90 Å². The van der Waals surface area contributed by atoms with Gasteiger partial charge >= 0.3 is 5.97 Å². The summed E-state index contributed by atoms with van der Waals surface area (Å²) in [5, 5.41) is 11.7. The molecule has 1 N–H and O–H groups in total. The monoisotopic (exact) mass is 675 g/mol. The molecule has 6 rings (SSSR count). The number of ether oxygens (including phenoxy) is 2. The summed E-state index contributed by atoms with van der Waals surface area (Å²) in [7, 11) is 3.30. The van der Waals surface area contributed by atoms with Crippen LogP contribution in [0.1, 0.15) is 39.4 Å². The molecule has 1 aliphatic rings. The first-order valence-electron chi connectivity index (χ1n) is 15.1. The number of hydrogen-bond acceptors (Lipinski definition) is 4. The minimum absolute atomic E-state index is 0.367.